The van der Waals surface area contributed by atoms with Crippen molar-refractivity contribution in [2.24, 2.45) is 0 Å². The van der Waals surface area contributed by atoms with Gasteiger partial charge in [0.15, 0.2) is 0 Å². The maximum atomic E-state index is 8.36. The molecule has 0 aromatic rings. The maximum absolute atomic E-state index is 8.36. The number of rotatable bonds is 0. The van der Waals surface area contributed by atoms with Crippen molar-refractivity contribution in [2.75, 3.05) is 0 Å². The summed E-state index contributed by atoms with van der Waals surface area (Å²) in [5, 5.41) is 6.89. The average Bonchev–Trinajstić information content (AvgIpc) is 0.918. The van der Waals surface area contributed by atoms with Gasteiger partial charge in [0.05, 0.1) is 0 Å². The molecule has 0 aliphatic heterocycles. The molecule has 3 heteroatoms. The fourth-order valence-corrected chi connectivity index (χ4v) is 0. The van der Waals surface area contributed by atoms with E-state index >= 15 is 0 Å². The van der Waals surface area contributed by atoms with Gasteiger partial charge in [-0.05, 0) is 0 Å². The molecule has 1 radical (unpaired) electrons. The van der Waals surface area contributed by atoms with Gasteiger partial charge in [-0.15, -0.1) is 0 Å². The second-order valence-corrected chi connectivity index (χ2v) is 0.105. The normalized spacial score (nSPS) is 3.00. The Kier molecular flexibility index (Phi) is 25.8. The van der Waals surface area contributed by atoms with Gasteiger partial charge in [-0.1, -0.05) is 0 Å². The van der Waals surface area contributed by atoms with E-state index in [0.29, 0.717) is 0 Å². The minimum Gasteiger partial charge on any atom is -0.483 e. The van der Waals surface area contributed by atoms with Crippen molar-refractivity contribution in [2.45, 2.75) is 0 Å². The summed E-state index contributed by atoms with van der Waals surface area (Å²) in [5.74, 6) is 0. The van der Waals surface area contributed by atoms with Crippen molar-refractivity contribution in [3.05, 3.63) is 0 Å². The van der Waals surface area contributed by atoms with E-state index in [1.807, 2.05) is 0 Å². The molecule has 0 rings (SSSR count). The molecule has 19 valence electrons. The summed E-state index contributed by atoms with van der Waals surface area (Å²) in [6, 6.07) is 0. The van der Waals surface area contributed by atoms with Gasteiger partial charge in [-0.3, -0.25) is 4.79 Å². The van der Waals surface area contributed by atoms with Crippen molar-refractivity contribution in [1.29, 1.82) is 0 Å². The fourth-order valence-electron chi connectivity index (χ4n) is 0. The smallest absolute Gasteiger partial charge is 0.290 e. The van der Waals surface area contributed by atoms with Gasteiger partial charge in [0, 0.05) is 18.9 Å². The van der Waals surface area contributed by atoms with Crippen LogP contribution in [-0.2, 0) is 4.79 Å². The molecular formula is CH2LiO2. The molecule has 0 aromatic carbocycles. The van der Waals surface area contributed by atoms with Crippen LogP contribution in [0.2, 0.25) is 0 Å². The summed E-state index contributed by atoms with van der Waals surface area (Å²) in [6.45, 7) is -0.250. The van der Waals surface area contributed by atoms with Crippen LogP contribution in [0.4, 0.5) is 0 Å². The molecule has 0 aliphatic carbocycles. The molecule has 0 spiro atoms. The second-order valence-electron chi connectivity index (χ2n) is 0.105. The minimum atomic E-state index is -0.250. The van der Waals surface area contributed by atoms with E-state index in [0.717, 1.165) is 0 Å². The van der Waals surface area contributed by atoms with Crippen molar-refractivity contribution >= 4 is 25.3 Å². The van der Waals surface area contributed by atoms with Crippen LogP contribution in [0.25, 0.3) is 0 Å². The SMILES string of the molecule is O=CO.[Li]. The van der Waals surface area contributed by atoms with Gasteiger partial charge in [0.2, 0.25) is 0 Å². The van der Waals surface area contributed by atoms with Gasteiger partial charge in [0.25, 0.3) is 6.47 Å². The molecule has 2 nitrogen and oxygen atoms in total. The molecule has 0 amide bonds. The molecule has 0 atom stereocenters. The zero-order chi connectivity index (χ0) is 2.71. The van der Waals surface area contributed by atoms with E-state index in [2.05, 4.69) is 0 Å². The quantitative estimate of drug-likeness (QED) is 0.293. The van der Waals surface area contributed by atoms with Crippen molar-refractivity contribution in [3.63, 3.8) is 0 Å². The molecule has 0 fully saturated rings. The van der Waals surface area contributed by atoms with Crippen LogP contribution in [0.1, 0.15) is 0 Å². The summed E-state index contributed by atoms with van der Waals surface area (Å²) in [7, 11) is 0. The Morgan fingerprint density at radius 1 is 1.75 bits per heavy atom. The maximum Gasteiger partial charge on any atom is 0.290 e. The van der Waals surface area contributed by atoms with Crippen molar-refractivity contribution in [1.82, 2.24) is 0 Å². The van der Waals surface area contributed by atoms with Crippen LogP contribution in [0, 0.1) is 0 Å². The summed E-state index contributed by atoms with van der Waals surface area (Å²) in [4.78, 5) is 8.36. The zero-order valence-electron chi connectivity index (χ0n) is 2.43. The topological polar surface area (TPSA) is 37.3 Å². The van der Waals surface area contributed by atoms with Gasteiger partial charge >= 0.3 is 0 Å². The van der Waals surface area contributed by atoms with Gasteiger partial charge in [-0.2, -0.15) is 0 Å². The number of hydrogen-bond acceptors (Lipinski definition) is 1. The molecular weight excluding hydrogens is 51.0 g/mol. The summed E-state index contributed by atoms with van der Waals surface area (Å²) >= 11 is 0. The Labute approximate surface area is 36.0 Å². The summed E-state index contributed by atoms with van der Waals surface area (Å²) in [5.41, 5.74) is 0. The predicted octanol–water partition coefficient (Wildman–Crippen LogP) is -0.680. The Morgan fingerprint density at radius 3 is 1.75 bits per heavy atom. The van der Waals surface area contributed by atoms with E-state index in [9.17, 15) is 0 Å². The van der Waals surface area contributed by atoms with Crippen LogP contribution in [0.15, 0.2) is 0 Å². The Hall–Kier alpha value is 0.0674. The third-order valence-electron chi connectivity index (χ3n) is 0. The Balaban J connectivity index is 0. The van der Waals surface area contributed by atoms with E-state index in [1.54, 1.807) is 0 Å². The molecule has 0 saturated carbocycles. The van der Waals surface area contributed by atoms with Crippen LogP contribution >= 0.6 is 0 Å². The predicted molar refractivity (Wildman–Crippen MR) is 14.4 cm³/mol. The first-order valence-electron chi connectivity index (χ1n) is 0.494. The third kappa shape index (κ3) is 518. The monoisotopic (exact) mass is 53.0 g/mol. The van der Waals surface area contributed by atoms with E-state index < -0.39 is 0 Å². The molecule has 0 aromatic heterocycles. The van der Waals surface area contributed by atoms with Gasteiger partial charge in [-0.25, -0.2) is 0 Å². The first-order valence-corrected chi connectivity index (χ1v) is 0.494. The van der Waals surface area contributed by atoms with Crippen LogP contribution in [0.3, 0.4) is 0 Å². The van der Waals surface area contributed by atoms with Crippen molar-refractivity contribution in [3.8, 4) is 0 Å². The minimum absolute atomic E-state index is 0. The average molecular weight is 53.0 g/mol. The Bertz CT molecular complexity index is 13.5. The van der Waals surface area contributed by atoms with Crippen LogP contribution in [0.5, 0.6) is 0 Å². The molecule has 0 heterocycles. The molecule has 4 heavy (non-hydrogen) atoms. The first kappa shape index (κ1) is 8.95. The van der Waals surface area contributed by atoms with Crippen molar-refractivity contribution < 1.29 is 9.90 Å². The van der Waals surface area contributed by atoms with Gasteiger partial charge < -0.3 is 5.11 Å². The van der Waals surface area contributed by atoms with E-state index in [-0.39, 0.29) is 25.3 Å². The summed E-state index contributed by atoms with van der Waals surface area (Å²) < 4.78 is 0. The van der Waals surface area contributed by atoms with E-state index in [4.69, 9.17) is 9.90 Å². The number of carboxylic acid groups (broad SMARTS) is 1. The molecule has 0 bridgehead atoms. The largest absolute Gasteiger partial charge is 0.483 e. The number of hydrogen-bond donors (Lipinski definition) is 1. The molecule has 0 aliphatic rings. The van der Waals surface area contributed by atoms with Crippen LogP contribution in [-0.4, -0.2) is 30.4 Å². The summed E-state index contributed by atoms with van der Waals surface area (Å²) in [6.07, 6.45) is 0. The second kappa shape index (κ2) is 11.5. The van der Waals surface area contributed by atoms with E-state index in [1.165, 1.54) is 0 Å². The van der Waals surface area contributed by atoms with Crippen LogP contribution < -0.4 is 0 Å². The fraction of sp³-hybridized carbons (Fsp3) is 0. The van der Waals surface area contributed by atoms with Gasteiger partial charge in [0.1, 0.15) is 0 Å². The third-order valence-corrected chi connectivity index (χ3v) is 0. The molecule has 0 saturated heterocycles. The molecule has 1 N–H and O–H groups in total. The number of carbonyl (C=O) groups is 1. The zero-order valence-corrected chi connectivity index (χ0v) is 2.43. The Morgan fingerprint density at radius 2 is 1.75 bits per heavy atom. The first-order chi connectivity index (χ1) is 1.41. The standard InChI is InChI=1S/CH2O2.Li/c2-1-3;/h1H,(H,2,3);. The molecule has 0 unspecified atom stereocenters.